The molecule has 94 valence electrons. The molecule has 0 aliphatic rings. The Hall–Kier alpha value is -1.36. The molecule has 0 amide bonds. The normalized spacial score (nSPS) is 13.8. The van der Waals surface area contributed by atoms with E-state index in [4.69, 9.17) is 5.73 Å². The summed E-state index contributed by atoms with van der Waals surface area (Å²) in [5.41, 5.74) is 7.44. The van der Waals surface area contributed by atoms with Crippen LogP contribution in [0.4, 0.5) is 0 Å². The Balaban J connectivity index is 3.08. The largest absolute Gasteiger partial charge is 0.383 e. The van der Waals surface area contributed by atoms with Gasteiger partial charge in [-0.1, -0.05) is 45.0 Å². The van der Waals surface area contributed by atoms with Crippen LogP contribution in [0.5, 0.6) is 0 Å². The molecule has 2 N–H and O–H groups in total. The number of nitrogens with two attached hydrogens (primary N) is 1. The Kier molecular flexibility index (Phi) is 3.62. The molecule has 0 saturated carbocycles. The highest BCUT2D eigenvalue weighted by atomic mass is 32.2. The molecule has 1 aromatic rings. The molecule has 5 heteroatoms. The van der Waals surface area contributed by atoms with Gasteiger partial charge in [0.05, 0.1) is 6.26 Å². The fourth-order valence-corrected chi connectivity index (χ4v) is 1.84. The van der Waals surface area contributed by atoms with Crippen molar-refractivity contribution in [1.29, 1.82) is 0 Å². The SMILES string of the molecule is CC(C)(C)c1ccc(/C(N)=N/S(C)(=O)=O)cc1. The molecule has 0 aliphatic carbocycles. The zero-order valence-corrected chi connectivity index (χ0v) is 11.4. The monoisotopic (exact) mass is 254 g/mol. The highest BCUT2D eigenvalue weighted by Crippen LogP contribution is 2.22. The number of hydrogen-bond donors (Lipinski definition) is 1. The molecule has 0 atom stereocenters. The first-order valence-corrected chi connectivity index (χ1v) is 7.11. The quantitative estimate of drug-likeness (QED) is 0.644. The second-order valence-electron chi connectivity index (χ2n) is 5.04. The number of nitrogens with zero attached hydrogens (tertiary/aromatic N) is 1. The van der Waals surface area contributed by atoms with E-state index in [0.29, 0.717) is 5.56 Å². The molecule has 0 unspecified atom stereocenters. The van der Waals surface area contributed by atoms with Crippen LogP contribution < -0.4 is 5.73 Å². The van der Waals surface area contributed by atoms with Crippen LogP contribution in [0.1, 0.15) is 31.9 Å². The number of benzene rings is 1. The summed E-state index contributed by atoms with van der Waals surface area (Å²) in [6.07, 6.45) is 1.02. The molecule has 1 rings (SSSR count). The molecular weight excluding hydrogens is 236 g/mol. The van der Waals surface area contributed by atoms with E-state index in [9.17, 15) is 8.42 Å². The third kappa shape index (κ3) is 4.19. The first-order chi connectivity index (χ1) is 7.59. The van der Waals surface area contributed by atoms with Crippen LogP contribution in [-0.2, 0) is 15.4 Å². The molecule has 0 radical (unpaired) electrons. The maximum atomic E-state index is 11.0. The van der Waals surface area contributed by atoms with Gasteiger partial charge in [0.1, 0.15) is 5.84 Å². The van der Waals surface area contributed by atoms with Crippen LogP contribution in [0.15, 0.2) is 28.7 Å². The number of sulfonamides is 1. The Bertz CT molecular complexity index is 523. The van der Waals surface area contributed by atoms with Crippen molar-refractivity contribution >= 4 is 15.9 Å². The first kappa shape index (κ1) is 13.7. The van der Waals surface area contributed by atoms with Crippen molar-refractivity contribution in [2.24, 2.45) is 10.1 Å². The van der Waals surface area contributed by atoms with E-state index in [1.54, 1.807) is 12.1 Å². The molecule has 0 bridgehead atoms. The van der Waals surface area contributed by atoms with Gasteiger partial charge in [0.25, 0.3) is 10.0 Å². The molecular formula is C12H18N2O2S. The topological polar surface area (TPSA) is 72.5 Å². The molecule has 17 heavy (non-hydrogen) atoms. The standard InChI is InChI=1S/C12H18N2O2S/c1-12(2,3)10-7-5-9(6-8-10)11(13)14-17(4,15)16/h5-8H,1-4H3,(H2,13,14). The summed E-state index contributed by atoms with van der Waals surface area (Å²) < 4.78 is 25.4. The Morgan fingerprint density at radius 3 is 2.00 bits per heavy atom. The maximum absolute atomic E-state index is 11.0. The second-order valence-corrected chi connectivity index (χ2v) is 6.69. The Morgan fingerprint density at radius 2 is 1.65 bits per heavy atom. The van der Waals surface area contributed by atoms with Crippen LogP contribution in [0.3, 0.4) is 0 Å². The average molecular weight is 254 g/mol. The minimum Gasteiger partial charge on any atom is -0.383 e. The van der Waals surface area contributed by atoms with Crippen molar-refractivity contribution in [3.8, 4) is 0 Å². The summed E-state index contributed by atoms with van der Waals surface area (Å²) in [5, 5.41) is 0. The lowest BCUT2D eigenvalue weighted by atomic mass is 9.87. The van der Waals surface area contributed by atoms with Gasteiger partial charge in [0, 0.05) is 5.56 Å². The van der Waals surface area contributed by atoms with Crippen molar-refractivity contribution < 1.29 is 8.42 Å². The van der Waals surface area contributed by atoms with Crippen LogP contribution in [-0.4, -0.2) is 20.5 Å². The van der Waals surface area contributed by atoms with Gasteiger partial charge in [-0.25, -0.2) is 8.42 Å². The smallest absolute Gasteiger partial charge is 0.252 e. The lowest BCUT2D eigenvalue weighted by Gasteiger charge is -2.19. The number of rotatable bonds is 2. The van der Waals surface area contributed by atoms with Crippen LogP contribution in [0, 0.1) is 0 Å². The number of hydrogen-bond acceptors (Lipinski definition) is 2. The summed E-state index contributed by atoms with van der Waals surface area (Å²) in [4.78, 5) is 0. The highest BCUT2D eigenvalue weighted by Gasteiger charge is 2.13. The molecule has 0 spiro atoms. The van der Waals surface area contributed by atoms with Crippen molar-refractivity contribution in [2.45, 2.75) is 26.2 Å². The van der Waals surface area contributed by atoms with E-state index >= 15 is 0 Å². The summed E-state index contributed by atoms with van der Waals surface area (Å²) in [6, 6.07) is 7.43. The fraction of sp³-hybridized carbons (Fsp3) is 0.417. The minimum atomic E-state index is -3.45. The summed E-state index contributed by atoms with van der Waals surface area (Å²) in [7, 11) is -3.45. The van der Waals surface area contributed by atoms with Gasteiger partial charge in [0.15, 0.2) is 0 Å². The molecule has 0 fully saturated rings. The van der Waals surface area contributed by atoms with Crippen molar-refractivity contribution in [2.75, 3.05) is 6.26 Å². The lowest BCUT2D eigenvalue weighted by molar-refractivity contribution is 0.590. The van der Waals surface area contributed by atoms with E-state index in [2.05, 4.69) is 25.2 Å². The second kappa shape index (κ2) is 4.49. The number of amidine groups is 1. The summed E-state index contributed by atoms with van der Waals surface area (Å²) in [6.45, 7) is 6.32. The fourth-order valence-electron chi connectivity index (χ4n) is 1.37. The average Bonchev–Trinajstić information content (AvgIpc) is 2.14. The van der Waals surface area contributed by atoms with Crippen LogP contribution in [0.25, 0.3) is 0 Å². The van der Waals surface area contributed by atoms with Gasteiger partial charge in [-0.05, 0) is 11.0 Å². The van der Waals surface area contributed by atoms with Gasteiger partial charge in [0.2, 0.25) is 0 Å². The molecule has 4 nitrogen and oxygen atoms in total. The van der Waals surface area contributed by atoms with Gasteiger partial charge in [-0.3, -0.25) is 0 Å². The first-order valence-electron chi connectivity index (χ1n) is 5.26. The lowest BCUT2D eigenvalue weighted by Crippen LogP contribution is -2.16. The van der Waals surface area contributed by atoms with Crippen molar-refractivity contribution in [3.05, 3.63) is 35.4 Å². The van der Waals surface area contributed by atoms with Gasteiger partial charge >= 0.3 is 0 Å². The Labute approximate surface area is 103 Å². The molecule has 0 aliphatic heterocycles. The summed E-state index contributed by atoms with van der Waals surface area (Å²) in [5.74, 6) is 0.0213. The summed E-state index contributed by atoms with van der Waals surface area (Å²) >= 11 is 0. The third-order valence-corrected chi connectivity index (χ3v) is 2.84. The predicted octanol–water partition coefficient (Wildman–Crippen LogP) is 1.65. The zero-order chi connectivity index (χ0) is 13.3. The molecule has 0 aromatic heterocycles. The highest BCUT2D eigenvalue weighted by molar-refractivity contribution is 7.89. The predicted molar refractivity (Wildman–Crippen MR) is 70.7 cm³/mol. The molecule has 0 saturated heterocycles. The van der Waals surface area contributed by atoms with E-state index in [1.807, 2.05) is 12.1 Å². The van der Waals surface area contributed by atoms with Gasteiger partial charge in [-0.15, -0.1) is 4.40 Å². The van der Waals surface area contributed by atoms with E-state index in [1.165, 1.54) is 0 Å². The van der Waals surface area contributed by atoms with E-state index < -0.39 is 10.0 Å². The third-order valence-electron chi connectivity index (χ3n) is 2.31. The van der Waals surface area contributed by atoms with Crippen molar-refractivity contribution in [1.82, 2.24) is 0 Å². The van der Waals surface area contributed by atoms with Crippen LogP contribution >= 0.6 is 0 Å². The van der Waals surface area contributed by atoms with E-state index in [-0.39, 0.29) is 11.3 Å². The van der Waals surface area contributed by atoms with Gasteiger partial charge < -0.3 is 5.73 Å². The van der Waals surface area contributed by atoms with E-state index in [0.717, 1.165) is 11.8 Å². The zero-order valence-electron chi connectivity index (χ0n) is 10.6. The van der Waals surface area contributed by atoms with Gasteiger partial charge in [-0.2, -0.15) is 0 Å². The molecule has 0 heterocycles. The van der Waals surface area contributed by atoms with Crippen LogP contribution in [0.2, 0.25) is 0 Å². The maximum Gasteiger partial charge on any atom is 0.252 e. The minimum absolute atomic E-state index is 0.0213. The molecule has 1 aromatic carbocycles. The van der Waals surface area contributed by atoms with Crippen molar-refractivity contribution in [3.63, 3.8) is 0 Å². The Morgan fingerprint density at radius 1 is 1.18 bits per heavy atom.